The van der Waals surface area contributed by atoms with Crippen LogP contribution in [0.3, 0.4) is 0 Å². The molecule has 0 N–H and O–H groups in total. The van der Waals surface area contributed by atoms with Gasteiger partial charge < -0.3 is 4.74 Å². The van der Waals surface area contributed by atoms with Crippen molar-refractivity contribution in [3.8, 4) is 5.75 Å². The lowest BCUT2D eigenvalue weighted by Crippen LogP contribution is -2.04. The van der Waals surface area contributed by atoms with E-state index in [9.17, 15) is 4.79 Å². The van der Waals surface area contributed by atoms with E-state index in [1.165, 1.54) is 0 Å². The number of aromatic nitrogens is 1. The summed E-state index contributed by atoms with van der Waals surface area (Å²) in [6, 6.07) is 10.8. The predicted molar refractivity (Wildman–Crippen MR) is 65.4 cm³/mol. The van der Waals surface area contributed by atoms with E-state index < -0.39 is 0 Å². The Kier molecular flexibility index (Phi) is 3.19. The fourth-order valence-corrected chi connectivity index (χ4v) is 1.59. The molecule has 0 aliphatic carbocycles. The van der Waals surface area contributed by atoms with E-state index in [0.29, 0.717) is 16.9 Å². The minimum atomic E-state index is -0.0741. The summed E-state index contributed by atoms with van der Waals surface area (Å²) in [4.78, 5) is 16.3. The quantitative estimate of drug-likeness (QED) is 0.757. The Morgan fingerprint density at radius 3 is 2.59 bits per heavy atom. The largest absolute Gasteiger partial charge is 0.496 e. The van der Waals surface area contributed by atoms with E-state index in [1.807, 2.05) is 25.1 Å². The van der Waals surface area contributed by atoms with Crippen LogP contribution in [0.25, 0.3) is 0 Å². The topological polar surface area (TPSA) is 39.2 Å². The first-order valence-corrected chi connectivity index (χ1v) is 5.33. The summed E-state index contributed by atoms with van der Waals surface area (Å²) in [6.45, 7) is 1.89. The second kappa shape index (κ2) is 4.78. The Hall–Kier alpha value is -2.16. The number of carbonyl (C=O) groups excluding carboxylic acids is 1. The number of methoxy groups -OCH3 is 1. The fourth-order valence-electron chi connectivity index (χ4n) is 1.59. The number of ketones is 1. The van der Waals surface area contributed by atoms with Gasteiger partial charge in [-0.05, 0) is 31.2 Å². The number of nitrogens with zero attached hydrogens (tertiary/aromatic N) is 1. The summed E-state index contributed by atoms with van der Waals surface area (Å²) in [5.41, 5.74) is 2.02. The van der Waals surface area contributed by atoms with Crippen LogP contribution in [-0.2, 0) is 0 Å². The van der Waals surface area contributed by atoms with E-state index in [2.05, 4.69) is 4.98 Å². The van der Waals surface area contributed by atoms with Crippen molar-refractivity contribution in [2.75, 3.05) is 7.11 Å². The number of benzene rings is 1. The van der Waals surface area contributed by atoms with Gasteiger partial charge in [0.2, 0.25) is 0 Å². The first kappa shape index (κ1) is 11.3. The molecule has 0 bridgehead atoms. The molecule has 0 fully saturated rings. The van der Waals surface area contributed by atoms with Crippen molar-refractivity contribution >= 4 is 5.78 Å². The zero-order valence-electron chi connectivity index (χ0n) is 9.81. The molecule has 2 rings (SSSR count). The first-order valence-electron chi connectivity index (χ1n) is 5.33. The molecular formula is C14H13NO2. The SMILES string of the molecule is COc1ccccc1C(=O)c1ccc(C)nc1. The minimum Gasteiger partial charge on any atom is -0.496 e. The smallest absolute Gasteiger partial charge is 0.198 e. The van der Waals surface area contributed by atoms with Gasteiger partial charge in [0.05, 0.1) is 12.7 Å². The van der Waals surface area contributed by atoms with Crippen LogP contribution in [0.15, 0.2) is 42.6 Å². The molecule has 0 spiro atoms. The maximum atomic E-state index is 12.2. The van der Waals surface area contributed by atoms with Gasteiger partial charge in [0.15, 0.2) is 5.78 Å². The van der Waals surface area contributed by atoms with Gasteiger partial charge in [0.25, 0.3) is 0 Å². The average molecular weight is 227 g/mol. The summed E-state index contributed by atoms with van der Waals surface area (Å²) in [5, 5.41) is 0. The Labute approximate surface area is 100 Å². The molecule has 17 heavy (non-hydrogen) atoms. The molecule has 0 radical (unpaired) electrons. The number of rotatable bonds is 3. The Bertz CT molecular complexity index is 532. The van der Waals surface area contributed by atoms with Crippen molar-refractivity contribution < 1.29 is 9.53 Å². The standard InChI is InChI=1S/C14H13NO2/c1-10-7-8-11(9-15-10)14(16)12-5-3-4-6-13(12)17-2/h3-9H,1-2H3. The molecule has 1 heterocycles. The van der Waals surface area contributed by atoms with Crippen molar-refractivity contribution in [1.82, 2.24) is 4.98 Å². The Balaban J connectivity index is 2.40. The van der Waals surface area contributed by atoms with Gasteiger partial charge in [-0.1, -0.05) is 12.1 Å². The van der Waals surface area contributed by atoms with Crippen molar-refractivity contribution in [1.29, 1.82) is 0 Å². The van der Waals surface area contributed by atoms with E-state index >= 15 is 0 Å². The van der Waals surface area contributed by atoms with E-state index in [4.69, 9.17) is 4.74 Å². The van der Waals surface area contributed by atoms with Crippen LogP contribution in [0.5, 0.6) is 5.75 Å². The van der Waals surface area contributed by atoms with E-state index in [-0.39, 0.29) is 5.78 Å². The predicted octanol–water partition coefficient (Wildman–Crippen LogP) is 2.63. The summed E-state index contributed by atoms with van der Waals surface area (Å²) in [5.74, 6) is 0.507. The molecule has 0 atom stereocenters. The molecule has 0 unspecified atom stereocenters. The summed E-state index contributed by atoms with van der Waals surface area (Å²) in [6.07, 6.45) is 1.59. The molecule has 0 aliphatic heterocycles. The molecule has 2 aromatic rings. The second-order valence-electron chi connectivity index (χ2n) is 3.72. The summed E-state index contributed by atoms with van der Waals surface area (Å²) < 4.78 is 5.17. The lowest BCUT2D eigenvalue weighted by molar-refractivity contribution is 0.103. The third kappa shape index (κ3) is 2.33. The van der Waals surface area contributed by atoms with Crippen LogP contribution in [0.2, 0.25) is 0 Å². The van der Waals surface area contributed by atoms with Crippen LogP contribution >= 0.6 is 0 Å². The van der Waals surface area contributed by atoms with Crippen molar-refractivity contribution in [3.63, 3.8) is 0 Å². The number of hydrogen-bond donors (Lipinski definition) is 0. The van der Waals surface area contributed by atoms with Crippen LogP contribution in [-0.4, -0.2) is 17.9 Å². The Morgan fingerprint density at radius 2 is 1.94 bits per heavy atom. The number of pyridine rings is 1. The molecule has 0 saturated heterocycles. The van der Waals surface area contributed by atoms with Crippen molar-refractivity contribution in [3.05, 3.63) is 59.4 Å². The van der Waals surface area contributed by atoms with Gasteiger partial charge >= 0.3 is 0 Å². The van der Waals surface area contributed by atoms with Crippen LogP contribution in [0.1, 0.15) is 21.6 Å². The summed E-state index contributed by atoms with van der Waals surface area (Å²) >= 11 is 0. The highest BCUT2D eigenvalue weighted by Crippen LogP contribution is 2.20. The van der Waals surface area contributed by atoms with Gasteiger partial charge in [-0.3, -0.25) is 9.78 Å². The molecule has 0 amide bonds. The maximum Gasteiger partial charge on any atom is 0.198 e. The molecule has 0 saturated carbocycles. The molecule has 1 aromatic heterocycles. The third-order valence-electron chi connectivity index (χ3n) is 2.53. The zero-order chi connectivity index (χ0) is 12.3. The average Bonchev–Trinajstić information content (AvgIpc) is 2.39. The molecule has 86 valence electrons. The second-order valence-corrected chi connectivity index (χ2v) is 3.72. The first-order chi connectivity index (χ1) is 8.22. The minimum absolute atomic E-state index is 0.0741. The van der Waals surface area contributed by atoms with Crippen molar-refractivity contribution in [2.45, 2.75) is 6.92 Å². The van der Waals surface area contributed by atoms with Crippen molar-refractivity contribution in [2.24, 2.45) is 0 Å². The van der Waals surface area contributed by atoms with Gasteiger partial charge in [0, 0.05) is 17.5 Å². The highest BCUT2D eigenvalue weighted by atomic mass is 16.5. The molecule has 1 aromatic carbocycles. The third-order valence-corrected chi connectivity index (χ3v) is 2.53. The highest BCUT2D eigenvalue weighted by Gasteiger charge is 2.13. The van der Waals surface area contributed by atoms with Crippen LogP contribution < -0.4 is 4.74 Å². The van der Waals surface area contributed by atoms with Crippen LogP contribution in [0.4, 0.5) is 0 Å². The van der Waals surface area contributed by atoms with Gasteiger partial charge in [-0.15, -0.1) is 0 Å². The van der Waals surface area contributed by atoms with Gasteiger partial charge in [-0.2, -0.15) is 0 Å². The number of aryl methyl sites for hydroxylation is 1. The summed E-state index contributed by atoms with van der Waals surface area (Å²) in [7, 11) is 1.56. The zero-order valence-corrected chi connectivity index (χ0v) is 9.81. The maximum absolute atomic E-state index is 12.2. The highest BCUT2D eigenvalue weighted by molar-refractivity contribution is 6.10. The van der Waals surface area contributed by atoms with Gasteiger partial charge in [0.1, 0.15) is 5.75 Å². The van der Waals surface area contributed by atoms with E-state index in [0.717, 1.165) is 5.69 Å². The number of hydrogen-bond acceptors (Lipinski definition) is 3. The van der Waals surface area contributed by atoms with Gasteiger partial charge in [-0.25, -0.2) is 0 Å². The molecule has 3 heteroatoms. The normalized spacial score (nSPS) is 10.0. The number of para-hydroxylation sites is 1. The molecule has 0 aliphatic rings. The number of ether oxygens (including phenoxy) is 1. The van der Waals surface area contributed by atoms with Crippen LogP contribution in [0, 0.1) is 6.92 Å². The Morgan fingerprint density at radius 1 is 1.18 bits per heavy atom. The fraction of sp³-hybridized carbons (Fsp3) is 0.143. The van der Waals surface area contributed by atoms with E-state index in [1.54, 1.807) is 31.5 Å². The monoisotopic (exact) mass is 227 g/mol. The molecular weight excluding hydrogens is 214 g/mol. The lowest BCUT2D eigenvalue weighted by Gasteiger charge is -2.06. The molecule has 3 nitrogen and oxygen atoms in total. The number of carbonyl (C=O) groups is 1. The lowest BCUT2D eigenvalue weighted by atomic mass is 10.0.